The zero-order chi connectivity index (χ0) is 18.6. The molecule has 0 atom stereocenters. The highest BCUT2D eigenvalue weighted by Crippen LogP contribution is 2.34. The van der Waals surface area contributed by atoms with Crippen LogP contribution in [-0.4, -0.2) is 15.2 Å². The summed E-state index contributed by atoms with van der Waals surface area (Å²) in [4.78, 5) is 4.54. The van der Waals surface area contributed by atoms with Gasteiger partial charge >= 0.3 is 0 Å². The van der Waals surface area contributed by atoms with Gasteiger partial charge in [-0.05, 0) is 23.8 Å². The molecule has 5 heteroatoms. The number of benzene rings is 3. The Morgan fingerprint density at radius 2 is 1.63 bits per heavy atom. The zero-order valence-electron chi connectivity index (χ0n) is 14.4. The summed E-state index contributed by atoms with van der Waals surface area (Å²) in [5, 5.41) is 22.1. The molecule has 0 bridgehead atoms. The van der Waals surface area contributed by atoms with E-state index in [1.165, 1.54) is 23.5 Å². The maximum Gasteiger partial charge on any atom is 0.140 e. The summed E-state index contributed by atoms with van der Waals surface area (Å²) in [6.07, 6.45) is 0. The minimum atomic E-state index is 0.00203. The number of rotatable bonds is 5. The molecule has 0 saturated heterocycles. The smallest absolute Gasteiger partial charge is 0.140 e. The molecule has 27 heavy (non-hydrogen) atoms. The third-order valence-electron chi connectivity index (χ3n) is 4.13. The van der Waals surface area contributed by atoms with Gasteiger partial charge in [-0.2, -0.15) is 0 Å². The Morgan fingerprint density at radius 1 is 0.852 bits per heavy atom. The van der Waals surface area contributed by atoms with Gasteiger partial charge in [-0.25, -0.2) is 4.98 Å². The van der Waals surface area contributed by atoms with Gasteiger partial charge in [0.2, 0.25) is 0 Å². The summed E-state index contributed by atoms with van der Waals surface area (Å²) in [5.41, 5.74) is 3.38. The van der Waals surface area contributed by atoms with E-state index in [2.05, 4.69) is 17.1 Å². The Balaban J connectivity index is 1.53. The standard InChI is InChI=1S/C22H17NO3S/c24-16-10-11-18(20(25)12-16)19-14-27-22(23-19)13-26-21-9-5-4-8-17(21)15-6-2-1-3-7-15/h1-12,14,24-25H,13H2. The van der Waals surface area contributed by atoms with E-state index < -0.39 is 0 Å². The number of ether oxygens (including phenoxy) is 1. The minimum Gasteiger partial charge on any atom is -0.508 e. The molecule has 0 amide bonds. The fourth-order valence-corrected chi connectivity index (χ4v) is 3.53. The van der Waals surface area contributed by atoms with Crippen molar-refractivity contribution in [1.82, 2.24) is 4.98 Å². The Labute approximate surface area is 161 Å². The van der Waals surface area contributed by atoms with Gasteiger partial charge < -0.3 is 14.9 Å². The van der Waals surface area contributed by atoms with Crippen LogP contribution < -0.4 is 4.74 Å². The number of para-hydroxylation sites is 1. The van der Waals surface area contributed by atoms with E-state index in [1.807, 2.05) is 47.8 Å². The Kier molecular flexibility index (Phi) is 4.77. The van der Waals surface area contributed by atoms with Gasteiger partial charge in [-0.1, -0.05) is 48.5 Å². The highest BCUT2D eigenvalue weighted by molar-refractivity contribution is 7.09. The van der Waals surface area contributed by atoms with Crippen LogP contribution in [0.5, 0.6) is 17.2 Å². The molecule has 0 radical (unpaired) electrons. The fraction of sp³-hybridized carbons (Fsp3) is 0.0455. The quantitative estimate of drug-likeness (QED) is 0.486. The second kappa shape index (κ2) is 7.51. The third-order valence-corrected chi connectivity index (χ3v) is 4.95. The number of aromatic hydroxyl groups is 2. The molecule has 0 saturated carbocycles. The molecule has 0 aliphatic rings. The van der Waals surface area contributed by atoms with Gasteiger partial charge in [0.25, 0.3) is 0 Å². The lowest BCUT2D eigenvalue weighted by Gasteiger charge is -2.10. The van der Waals surface area contributed by atoms with Crippen LogP contribution >= 0.6 is 11.3 Å². The fourth-order valence-electron chi connectivity index (χ4n) is 2.83. The molecule has 0 spiro atoms. The van der Waals surface area contributed by atoms with Crippen LogP contribution in [0.1, 0.15) is 5.01 Å². The topological polar surface area (TPSA) is 62.6 Å². The molecule has 4 nitrogen and oxygen atoms in total. The molecule has 1 heterocycles. The lowest BCUT2D eigenvalue weighted by molar-refractivity contribution is 0.307. The van der Waals surface area contributed by atoms with Crippen LogP contribution in [0, 0.1) is 0 Å². The molecule has 4 rings (SSSR count). The van der Waals surface area contributed by atoms with E-state index in [1.54, 1.807) is 6.07 Å². The Hall–Kier alpha value is -3.31. The van der Waals surface area contributed by atoms with Crippen molar-refractivity contribution in [3.05, 3.63) is 83.2 Å². The summed E-state index contributed by atoms with van der Waals surface area (Å²) in [7, 11) is 0. The van der Waals surface area contributed by atoms with Crippen molar-refractivity contribution in [3.63, 3.8) is 0 Å². The molecule has 0 unspecified atom stereocenters. The van der Waals surface area contributed by atoms with Crippen LogP contribution in [-0.2, 0) is 6.61 Å². The van der Waals surface area contributed by atoms with Crippen molar-refractivity contribution >= 4 is 11.3 Å². The molecule has 0 aliphatic heterocycles. The van der Waals surface area contributed by atoms with Gasteiger partial charge in [0.1, 0.15) is 28.9 Å². The maximum atomic E-state index is 10.00. The van der Waals surface area contributed by atoms with E-state index in [4.69, 9.17) is 4.74 Å². The molecule has 0 aliphatic carbocycles. The van der Waals surface area contributed by atoms with E-state index in [9.17, 15) is 10.2 Å². The number of aromatic nitrogens is 1. The lowest BCUT2D eigenvalue weighted by atomic mass is 10.1. The maximum absolute atomic E-state index is 10.00. The van der Waals surface area contributed by atoms with Crippen molar-refractivity contribution in [2.45, 2.75) is 6.61 Å². The minimum absolute atomic E-state index is 0.00203. The highest BCUT2D eigenvalue weighted by Gasteiger charge is 2.11. The second-order valence-electron chi connectivity index (χ2n) is 5.98. The Bertz CT molecular complexity index is 1060. The predicted molar refractivity (Wildman–Crippen MR) is 107 cm³/mol. The first-order valence-corrected chi connectivity index (χ1v) is 9.33. The van der Waals surface area contributed by atoms with Gasteiger partial charge in [-0.3, -0.25) is 0 Å². The molecule has 4 aromatic rings. The number of phenolic OH excluding ortho intramolecular Hbond substituents is 2. The van der Waals surface area contributed by atoms with Crippen LogP contribution in [0.4, 0.5) is 0 Å². The Morgan fingerprint density at radius 3 is 2.44 bits per heavy atom. The van der Waals surface area contributed by atoms with E-state index in [0.717, 1.165) is 21.9 Å². The monoisotopic (exact) mass is 375 g/mol. The highest BCUT2D eigenvalue weighted by atomic mass is 32.1. The summed E-state index contributed by atoms with van der Waals surface area (Å²) in [6.45, 7) is 0.341. The molecule has 3 aromatic carbocycles. The van der Waals surface area contributed by atoms with Gasteiger partial charge in [0.05, 0.1) is 5.69 Å². The second-order valence-corrected chi connectivity index (χ2v) is 6.92. The number of nitrogens with zero attached hydrogens (tertiary/aromatic N) is 1. The molecule has 2 N–H and O–H groups in total. The van der Waals surface area contributed by atoms with E-state index >= 15 is 0 Å². The van der Waals surface area contributed by atoms with Gasteiger partial charge in [-0.15, -0.1) is 11.3 Å². The number of thiazole rings is 1. The third kappa shape index (κ3) is 3.78. The first kappa shape index (κ1) is 17.1. The molecule has 134 valence electrons. The van der Waals surface area contributed by atoms with Crippen LogP contribution in [0.3, 0.4) is 0 Å². The SMILES string of the molecule is Oc1ccc(-c2csc(COc3ccccc3-c3ccccc3)n2)c(O)c1. The van der Waals surface area contributed by atoms with E-state index in [-0.39, 0.29) is 11.5 Å². The number of hydrogen-bond donors (Lipinski definition) is 2. The first-order chi connectivity index (χ1) is 13.2. The lowest BCUT2D eigenvalue weighted by Crippen LogP contribution is -1.96. The zero-order valence-corrected chi connectivity index (χ0v) is 15.2. The van der Waals surface area contributed by atoms with Crippen LogP contribution in [0.25, 0.3) is 22.4 Å². The van der Waals surface area contributed by atoms with Crippen LogP contribution in [0.15, 0.2) is 78.2 Å². The first-order valence-electron chi connectivity index (χ1n) is 8.45. The largest absolute Gasteiger partial charge is 0.508 e. The molecule has 0 fully saturated rings. The van der Waals surface area contributed by atoms with Crippen molar-refractivity contribution in [2.75, 3.05) is 0 Å². The van der Waals surface area contributed by atoms with Crippen LogP contribution in [0.2, 0.25) is 0 Å². The predicted octanol–water partition coefficient (Wildman–Crippen LogP) is 5.47. The number of hydrogen-bond acceptors (Lipinski definition) is 5. The molecular weight excluding hydrogens is 358 g/mol. The van der Waals surface area contributed by atoms with Crippen molar-refractivity contribution in [1.29, 1.82) is 0 Å². The summed E-state index contributed by atoms with van der Waals surface area (Å²) in [5.74, 6) is 0.822. The van der Waals surface area contributed by atoms with E-state index in [0.29, 0.717) is 17.9 Å². The average molecular weight is 375 g/mol. The normalized spacial score (nSPS) is 10.7. The summed E-state index contributed by atoms with van der Waals surface area (Å²) >= 11 is 1.47. The van der Waals surface area contributed by atoms with Crippen molar-refractivity contribution in [2.24, 2.45) is 0 Å². The molecule has 1 aromatic heterocycles. The van der Waals surface area contributed by atoms with Gasteiger partial charge in [0.15, 0.2) is 0 Å². The summed E-state index contributed by atoms with van der Waals surface area (Å²) in [6, 6.07) is 22.5. The van der Waals surface area contributed by atoms with Gasteiger partial charge in [0, 0.05) is 22.6 Å². The average Bonchev–Trinajstić information content (AvgIpc) is 3.16. The van der Waals surface area contributed by atoms with Crippen molar-refractivity contribution < 1.29 is 14.9 Å². The number of phenols is 2. The van der Waals surface area contributed by atoms with Crippen molar-refractivity contribution in [3.8, 4) is 39.6 Å². The molecular formula is C22H17NO3S. The summed E-state index contributed by atoms with van der Waals surface area (Å²) < 4.78 is 6.02.